The Hall–Kier alpha value is -2.05. The number of amides is 1. The fourth-order valence-corrected chi connectivity index (χ4v) is 4.08. The molecule has 1 aliphatic rings. The average molecular weight is 351 g/mol. The summed E-state index contributed by atoms with van der Waals surface area (Å²) in [7, 11) is -3.80. The smallest absolute Gasteiger partial charge is 0.263 e. The maximum Gasteiger partial charge on any atom is 0.263 e. The van der Waals surface area contributed by atoms with E-state index in [4.69, 9.17) is 11.6 Å². The molecule has 1 amide bonds. The molecule has 0 unspecified atom stereocenters. The van der Waals surface area contributed by atoms with Crippen LogP contribution in [0, 0.1) is 0 Å². The minimum absolute atomic E-state index is 0.00984. The van der Waals surface area contributed by atoms with Crippen molar-refractivity contribution in [3.8, 4) is 0 Å². The molecule has 0 saturated carbocycles. The fraction of sp³-hybridized carbons (Fsp3) is 0.188. The summed E-state index contributed by atoms with van der Waals surface area (Å²) < 4.78 is 27.4. The van der Waals surface area contributed by atoms with E-state index >= 15 is 0 Å². The number of carbonyl (C=O) groups is 1. The standard InChI is InChI=1S/C16H15ClN2O3S/c1-16(2)11-9-10(7-8-13(11)18-15(16)20)19-23(21,22)14-6-4-3-5-12(14)17/h3-9,19H,1-2H3,(H,18,20). The summed E-state index contributed by atoms with van der Waals surface area (Å²) in [5.74, 6) is -0.112. The van der Waals surface area contributed by atoms with Crippen molar-refractivity contribution >= 4 is 38.9 Å². The van der Waals surface area contributed by atoms with Crippen LogP contribution in [0.4, 0.5) is 11.4 Å². The van der Waals surface area contributed by atoms with Crippen molar-refractivity contribution < 1.29 is 13.2 Å². The summed E-state index contributed by atoms with van der Waals surface area (Å²) in [6.45, 7) is 3.58. The van der Waals surface area contributed by atoms with E-state index in [0.29, 0.717) is 11.4 Å². The summed E-state index contributed by atoms with van der Waals surface area (Å²) in [5, 5.41) is 2.93. The molecule has 0 aliphatic carbocycles. The molecule has 120 valence electrons. The van der Waals surface area contributed by atoms with Gasteiger partial charge in [0.1, 0.15) is 4.90 Å². The number of hydrogen-bond donors (Lipinski definition) is 2. The van der Waals surface area contributed by atoms with Gasteiger partial charge in [-0.05, 0) is 49.7 Å². The Morgan fingerprint density at radius 3 is 2.52 bits per heavy atom. The second-order valence-electron chi connectivity index (χ2n) is 5.88. The van der Waals surface area contributed by atoms with Gasteiger partial charge in [-0.1, -0.05) is 23.7 Å². The van der Waals surface area contributed by atoms with E-state index in [-0.39, 0.29) is 15.8 Å². The highest BCUT2D eigenvalue weighted by Crippen LogP contribution is 2.39. The number of rotatable bonds is 3. The van der Waals surface area contributed by atoms with Gasteiger partial charge in [0.25, 0.3) is 10.0 Å². The second-order valence-corrected chi connectivity index (χ2v) is 7.93. The highest BCUT2D eigenvalue weighted by molar-refractivity contribution is 7.92. The number of nitrogens with one attached hydrogen (secondary N) is 2. The molecule has 0 bridgehead atoms. The molecule has 7 heteroatoms. The van der Waals surface area contributed by atoms with Crippen LogP contribution in [-0.2, 0) is 20.2 Å². The van der Waals surface area contributed by atoms with Crippen LogP contribution in [0.3, 0.4) is 0 Å². The lowest BCUT2D eigenvalue weighted by atomic mass is 9.86. The monoisotopic (exact) mass is 350 g/mol. The van der Waals surface area contributed by atoms with Crippen molar-refractivity contribution in [2.75, 3.05) is 10.0 Å². The predicted molar refractivity (Wildman–Crippen MR) is 90.4 cm³/mol. The molecule has 1 heterocycles. The maximum atomic E-state index is 12.5. The van der Waals surface area contributed by atoms with Crippen molar-refractivity contribution in [3.05, 3.63) is 53.1 Å². The zero-order valence-electron chi connectivity index (χ0n) is 12.6. The zero-order valence-corrected chi connectivity index (χ0v) is 14.1. The molecule has 2 aromatic rings. The number of fused-ring (bicyclic) bond motifs is 1. The predicted octanol–water partition coefficient (Wildman–Crippen LogP) is 3.37. The SMILES string of the molecule is CC1(C)C(=O)Nc2ccc(NS(=O)(=O)c3ccccc3Cl)cc21. The van der Waals surface area contributed by atoms with E-state index in [1.807, 2.05) is 0 Å². The first-order chi connectivity index (χ1) is 10.7. The third-order valence-corrected chi connectivity index (χ3v) is 5.77. The van der Waals surface area contributed by atoms with Gasteiger partial charge in [0, 0.05) is 11.4 Å². The largest absolute Gasteiger partial charge is 0.325 e. The third-order valence-electron chi connectivity index (χ3n) is 3.89. The zero-order chi connectivity index (χ0) is 16.8. The highest BCUT2D eigenvalue weighted by Gasteiger charge is 2.38. The molecular weight excluding hydrogens is 336 g/mol. The third kappa shape index (κ3) is 2.68. The molecule has 23 heavy (non-hydrogen) atoms. The number of hydrogen-bond acceptors (Lipinski definition) is 3. The molecule has 0 radical (unpaired) electrons. The molecule has 2 aromatic carbocycles. The summed E-state index contributed by atoms with van der Waals surface area (Å²) in [5.41, 5.74) is 1.12. The quantitative estimate of drug-likeness (QED) is 0.891. The van der Waals surface area contributed by atoms with E-state index in [9.17, 15) is 13.2 Å². The van der Waals surface area contributed by atoms with Crippen LogP contribution in [0.2, 0.25) is 5.02 Å². The lowest BCUT2D eigenvalue weighted by molar-refractivity contribution is -0.119. The summed E-state index contributed by atoms with van der Waals surface area (Å²) in [4.78, 5) is 12.0. The topological polar surface area (TPSA) is 75.3 Å². The average Bonchev–Trinajstić information content (AvgIpc) is 2.69. The Bertz CT molecular complexity index is 907. The minimum atomic E-state index is -3.80. The van der Waals surface area contributed by atoms with Crippen molar-refractivity contribution in [3.63, 3.8) is 0 Å². The van der Waals surface area contributed by atoms with Gasteiger partial charge in [-0.25, -0.2) is 8.42 Å². The van der Waals surface area contributed by atoms with Gasteiger partial charge < -0.3 is 5.32 Å². The van der Waals surface area contributed by atoms with Gasteiger partial charge in [0.15, 0.2) is 0 Å². The van der Waals surface area contributed by atoms with Gasteiger partial charge in [0.05, 0.1) is 10.4 Å². The highest BCUT2D eigenvalue weighted by atomic mass is 35.5. The first-order valence-corrected chi connectivity index (χ1v) is 8.81. The van der Waals surface area contributed by atoms with Gasteiger partial charge in [0.2, 0.25) is 5.91 Å². The molecule has 5 nitrogen and oxygen atoms in total. The van der Waals surface area contributed by atoms with Gasteiger partial charge in [-0.15, -0.1) is 0 Å². The number of halogens is 1. The van der Waals surface area contributed by atoms with E-state index < -0.39 is 15.4 Å². The van der Waals surface area contributed by atoms with Gasteiger partial charge >= 0.3 is 0 Å². The van der Waals surface area contributed by atoms with E-state index in [1.54, 1.807) is 44.2 Å². The maximum absolute atomic E-state index is 12.5. The molecule has 0 atom stereocenters. The van der Waals surface area contributed by atoms with Crippen molar-refractivity contribution in [1.29, 1.82) is 0 Å². The molecule has 0 fully saturated rings. The van der Waals surface area contributed by atoms with Crippen LogP contribution < -0.4 is 10.0 Å². The molecule has 2 N–H and O–H groups in total. The van der Waals surface area contributed by atoms with Crippen LogP contribution >= 0.6 is 11.6 Å². The Kier molecular flexibility index (Phi) is 3.61. The Labute approximate surface area is 139 Å². The van der Waals surface area contributed by atoms with Crippen LogP contribution in [0.1, 0.15) is 19.4 Å². The minimum Gasteiger partial charge on any atom is -0.325 e. The second kappa shape index (κ2) is 5.25. The van der Waals surface area contributed by atoms with Crippen LogP contribution in [-0.4, -0.2) is 14.3 Å². The van der Waals surface area contributed by atoms with Crippen molar-refractivity contribution in [2.24, 2.45) is 0 Å². The molecule has 3 rings (SSSR count). The van der Waals surface area contributed by atoms with E-state index in [0.717, 1.165) is 5.56 Å². The lowest BCUT2D eigenvalue weighted by Gasteiger charge is -2.16. The fourth-order valence-electron chi connectivity index (χ4n) is 2.51. The number of sulfonamides is 1. The summed E-state index contributed by atoms with van der Waals surface area (Å²) in [6.07, 6.45) is 0. The Balaban J connectivity index is 1.98. The van der Waals surface area contributed by atoms with Gasteiger partial charge in [-0.2, -0.15) is 0 Å². The molecule has 0 saturated heterocycles. The molecule has 1 aliphatic heterocycles. The normalized spacial score (nSPS) is 15.9. The first kappa shape index (κ1) is 15.8. The summed E-state index contributed by atoms with van der Waals surface area (Å²) in [6, 6.07) is 11.2. The van der Waals surface area contributed by atoms with Crippen molar-refractivity contribution in [2.45, 2.75) is 24.2 Å². The summed E-state index contributed by atoms with van der Waals surface area (Å²) >= 11 is 5.96. The van der Waals surface area contributed by atoms with E-state index in [1.165, 1.54) is 12.1 Å². The van der Waals surface area contributed by atoms with Crippen molar-refractivity contribution in [1.82, 2.24) is 0 Å². The van der Waals surface area contributed by atoms with Crippen LogP contribution in [0.5, 0.6) is 0 Å². The van der Waals surface area contributed by atoms with Crippen LogP contribution in [0.15, 0.2) is 47.4 Å². The Morgan fingerprint density at radius 1 is 1.13 bits per heavy atom. The number of anilines is 2. The molecular formula is C16H15ClN2O3S. The van der Waals surface area contributed by atoms with E-state index in [2.05, 4.69) is 10.0 Å². The Morgan fingerprint density at radius 2 is 1.83 bits per heavy atom. The van der Waals surface area contributed by atoms with Gasteiger partial charge in [-0.3, -0.25) is 9.52 Å². The lowest BCUT2D eigenvalue weighted by Crippen LogP contribution is -2.26. The number of carbonyl (C=O) groups excluding carboxylic acids is 1. The first-order valence-electron chi connectivity index (χ1n) is 6.95. The molecule has 0 spiro atoms. The number of benzene rings is 2. The van der Waals surface area contributed by atoms with Crippen LogP contribution in [0.25, 0.3) is 0 Å². The molecule has 0 aromatic heterocycles.